The number of carbonyl (C=O) groups is 2. The molecular weight excluding hydrogens is 332 g/mol. The molecule has 0 aliphatic heterocycles. The molecular formula is C20H24N2O4. The zero-order valence-electron chi connectivity index (χ0n) is 15.5. The topological polar surface area (TPSA) is 90.7 Å². The van der Waals surface area contributed by atoms with Crippen molar-refractivity contribution in [2.45, 2.75) is 26.2 Å². The van der Waals surface area contributed by atoms with E-state index < -0.39 is 5.91 Å². The van der Waals surface area contributed by atoms with Gasteiger partial charge >= 0.3 is 0 Å². The first-order valence-corrected chi connectivity index (χ1v) is 8.22. The molecule has 2 rings (SSSR count). The second-order valence-electron chi connectivity index (χ2n) is 6.86. The number of rotatable bonds is 6. The van der Waals surface area contributed by atoms with Crippen LogP contribution in [0.1, 0.15) is 36.7 Å². The largest absolute Gasteiger partial charge is 0.497 e. The standard InChI is InChI=1S/C20H24N2O4/c1-20(2,3)15-7-5-6-8-16(15)22-18(23)12-26-17-11-13(25-4)9-10-14(17)19(21)24/h5-11H,12H2,1-4H3,(H2,21,24)(H,22,23). The van der Waals surface area contributed by atoms with Crippen LogP contribution in [0.3, 0.4) is 0 Å². The summed E-state index contributed by atoms with van der Waals surface area (Å²) < 4.78 is 10.6. The minimum atomic E-state index is -0.638. The molecule has 0 aliphatic carbocycles. The fourth-order valence-corrected chi connectivity index (χ4v) is 2.53. The Morgan fingerprint density at radius 3 is 2.42 bits per heavy atom. The van der Waals surface area contributed by atoms with E-state index >= 15 is 0 Å². The molecule has 0 saturated carbocycles. The number of nitrogens with one attached hydrogen (secondary N) is 1. The number of ether oxygens (including phenoxy) is 2. The number of hydrogen-bond acceptors (Lipinski definition) is 4. The fourth-order valence-electron chi connectivity index (χ4n) is 2.53. The number of para-hydroxylation sites is 1. The molecule has 0 bridgehead atoms. The Bertz CT molecular complexity index is 810. The number of carbonyl (C=O) groups excluding carboxylic acids is 2. The maximum atomic E-state index is 12.3. The normalized spacial score (nSPS) is 10.9. The zero-order valence-corrected chi connectivity index (χ0v) is 15.5. The van der Waals surface area contributed by atoms with Gasteiger partial charge in [0.05, 0.1) is 12.7 Å². The summed E-state index contributed by atoms with van der Waals surface area (Å²) in [5, 5.41) is 2.85. The Hall–Kier alpha value is -3.02. The lowest BCUT2D eigenvalue weighted by atomic mass is 9.86. The number of amides is 2. The molecule has 138 valence electrons. The lowest BCUT2D eigenvalue weighted by molar-refractivity contribution is -0.118. The van der Waals surface area contributed by atoms with Crippen molar-refractivity contribution in [1.29, 1.82) is 0 Å². The average molecular weight is 356 g/mol. The van der Waals surface area contributed by atoms with Gasteiger partial charge < -0.3 is 20.5 Å². The maximum absolute atomic E-state index is 12.3. The number of hydrogen-bond donors (Lipinski definition) is 2. The van der Waals surface area contributed by atoms with E-state index in [-0.39, 0.29) is 29.2 Å². The second-order valence-corrected chi connectivity index (χ2v) is 6.86. The van der Waals surface area contributed by atoms with Crippen molar-refractivity contribution >= 4 is 17.5 Å². The van der Waals surface area contributed by atoms with E-state index in [1.54, 1.807) is 6.07 Å². The third-order valence-corrected chi connectivity index (χ3v) is 3.82. The van der Waals surface area contributed by atoms with Gasteiger partial charge in [0, 0.05) is 11.8 Å². The van der Waals surface area contributed by atoms with Crippen molar-refractivity contribution in [3.8, 4) is 11.5 Å². The molecule has 0 aliphatic rings. The third kappa shape index (κ3) is 4.75. The molecule has 0 radical (unpaired) electrons. The van der Waals surface area contributed by atoms with Crippen molar-refractivity contribution in [2.75, 3.05) is 19.0 Å². The predicted octanol–water partition coefficient (Wildman–Crippen LogP) is 3.11. The summed E-state index contributed by atoms with van der Waals surface area (Å²) in [7, 11) is 1.50. The quantitative estimate of drug-likeness (QED) is 0.832. The smallest absolute Gasteiger partial charge is 0.262 e. The highest BCUT2D eigenvalue weighted by molar-refractivity contribution is 5.96. The van der Waals surface area contributed by atoms with Crippen molar-refractivity contribution in [1.82, 2.24) is 0 Å². The summed E-state index contributed by atoms with van der Waals surface area (Å²) in [6.07, 6.45) is 0. The van der Waals surface area contributed by atoms with Crippen LogP contribution in [0.5, 0.6) is 11.5 Å². The van der Waals surface area contributed by atoms with Gasteiger partial charge in [-0.25, -0.2) is 0 Å². The lowest BCUT2D eigenvalue weighted by Gasteiger charge is -2.23. The molecule has 2 aromatic rings. The van der Waals surface area contributed by atoms with Gasteiger partial charge in [0.2, 0.25) is 0 Å². The van der Waals surface area contributed by atoms with E-state index in [2.05, 4.69) is 26.1 Å². The first-order chi connectivity index (χ1) is 12.2. The molecule has 3 N–H and O–H groups in total. The molecule has 0 aromatic heterocycles. The molecule has 0 unspecified atom stereocenters. The summed E-state index contributed by atoms with van der Waals surface area (Å²) in [6.45, 7) is 5.96. The number of methoxy groups -OCH3 is 1. The summed E-state index contributed by atoms with van der Waals surface area (Å²) >= 11 is 0. The van der Waals surface area contributed by atoms with Crippen LogP contribution in [0.25, 0.3) is 0 Å². The predicted molar refractivity (Wildman–Crippen MR) is 101 cm³/mol. The Balaban J connectivity index is 2.12. The van der Waals surface area contributed by atoms with Crippen molar-refractivity contribution in [2.24, 2.45) is 5.73 Å². The monoisotopic (exact) mass is 356 g/mol. The van der Waals surface area contributed by atoms with Crippen LogP contribution in [0.15, 0.2) is 42.5 Å². The van der Waals surface area contributed by atoms with E-state index in [0.29, 0.717) is 5.75 Å². The third-order valence-electron chi connectivity index (χ3n) is 3.82. The molecule has 26 heavy (non-hydrogen) atoms. The van der Waals surface area contributed by atoms with E-state index in [0.717, 1.165) is 11.3 Å². The fraction of sp³-hybridized carbons (Fsp3) is 0.300. The number of primary amides is 1. The van der Waals surface area contributed by atoms with Gasteiger partial charge in [-0.3, -0.25) is 9.59 Å². The Morgan fingerprint density at radius 1 is 1.12 bits per heavy atom. The first-order valence-electron chi connectivity index (χ1n) is 8.22. The van der Waals surface area contributed by atoms with E-state index in [9.17, 15) is 9.59 Å². The van der Waals surface area contributed by atoms with Gasteiger partial charge in [-0.15, -0.1) is 0 Å². The highest BCUT2D eigenvalue weighted by atomic mass is 16.5. The molecule has 2 aromatic carbocycles. The minimum Gasteiger partial charge on any atom is -0.497 e. The Morgan fingerprint density at radius 2 is 1.81 bits per heavy atom. The van der Waals surface area contributed by atoms with Crippen molar-refractivity contribution in [3.63, 3.8) is 0 Å². The molecule has 6 heteroatoms. The van der Waals surface area contributed by atoms with Gasteiger partial charge in [-0.1, -0.05) is 39.0 Å². The van der Waals surface area contributed by atoms with E-state index in [4.69, 9.17) is 15.2 Å². The number of nitrogens with two attached hydrogens (primary N) is 1. The van der Waals surface area contributed by atoms with Crippen LogP contribution in [0.4, 0.5) is 5.69 Å². The van der Waals surface area contributed by atoms with Crippen LogP contribution in [-0.2, 0) is 10.2 Å². The first kappa shape index (κ1) is 19.3. The van der Waals surface area contributed by atoms with Gasteiger partial charge in [-0.2, -0.15) is 0 Å². The number of anilines is 1. The van der Waals surface area contributed by atoms with E-state index in [1.807, 2.05) is 24.3 Å². The second kappa shape index (κ2) is 7.91. The Labute approximate surface area is 153 Å². The molecule has 2 amide bonds. The lowest BCUT2D eigenvalue weighted by Crippen LogP contribution is -2.24. The molecule has 0 saturated heterocycles. The summed E-state index contributed by atoms with van der Waals surface area (Å²) in [4.78, 5) is 23.8. The molecule has 6 nitrogen and oxygen atoms in total. The highest BCUT2D eigenvalue weighted by Crippen LogP contribution is 2.29. The number of benzene rings is 2. The summed E-state index contributed by atoms with van der Waals surface area (Å²) in [5.41, 5.74) is 7.17. The van der Waals surface area contributed by atoms with Crippen LogP contribution in [-0.4, -0.2) is 25.5 Å². The molecule has 0 heterocycles. The van der Waals surface area contributed by atoms with Gasteiger partial charge in [0.15, 0.2) is 6.61 Å². The van der Waals surface area contributed by atoms with Gasteiger partial charge in [-0.05, 0) is 29.2 Å². The molecule has 0 spiro atoms. The SMILES string of the molecule is COc1ccc(C(N)=O)c(OCC(=O)Nc2ccccc2C(C)(C)C)c1. The molecule has 0 atom stereocenters. The maximum Gasteiger partial charge on any atom is 0.262 e. The van der Waals surface area contributed by atoms with Crippen LogP contribution in [0, 0.1) is 0 Å². The van der Waals surface area contributed by atoms with Crippen LogP contribution in [0.2, 0.25) is 0 Å². The summed E-state index contributed by atoms with van der Waals surface area (Å²) in [6, 6.07) is 12.2. The highest BCUT2D eigenvalue weighted by Gasteiger charge is 2.19. The Kier molecular flexibility index (Phi) is 5.87. The summed E-state index contributed by atoms with van der Waals surface area (Å²) in [5.74, 6) is -0.263. The minimum absolute atomic E-state index is 0.114. The van der Waals surface area contributed by atoms with E-state index in [1.165, 1.54) is 19.2 Å². The zero-order chi connectivity index (χ0) is 19.3. The van der Waals surface area contributed by atoms with Crippen LogP contribution < -0.4 is 20.5 Å². The van der Waals surface area contributed by atoms with Crippen molar-refractivity contribution < 1.29 is 19.1 Å². The average Bonchev–Trinajstić information content (AvgIpc) is 2.59. The van der Waals surface area contributed by atoms with Crippen molar-refractivity contribution in [3.05, 3.63) is 53.6 Å². The van der Waals surface area contributed by atoms with Gasteiger partial charge in [0.1, 0.15) is 11.5 Å². The molecule has 0 fully saturated rings. The van der Waals surface area contributed by atoms with Gasteiger partial charge in [0.25, 0.3) is 11.8 Å². The van der Waals surface area contributed by atoms with Crippen LogP contribution >= 0.6 is 0 Å².